The molecule has 0 aromatic carbocycles. The molecular weight excluding hydrogens is 220 g/mol. The van der Waals surface area contributed by atoms with E-state index in [4.69, 9.17) is 5.11 Å². The van der Waals surface area contributed by atoms with E-state index in [1.807, 2.05) is 13.8 Å². The molecule has 0 aromatic heterocycles. The molecule has 0 aromatic rings. The lowest BCUT2D eigenvalue weighted by molar-refractivity contribution is -0.138. The Balaban J connectivity index is 2.39. The highest BCUT2D eigenvalue weighted by molar-refractivity contribution is 5.82. The van der Waals surface area contributed by atoms with Crippen LogP contribution in [0.25, 0.3) is 0 Å². The van der Waals surface area contributed by atoms with Crippen LogP contribution in [0.1, 0.15) is 46.0 Å². The Bertz CT molecular complexity index is 283. The molecule has 1 atom stereocenters. The molecule has 0 unspecified atom stereocenters. The highest BCUT2D eigenvalue weighted by Crippen LogP contribution is 2.13. The topological polar surface area (TPSA) is 78.4 Å². The average Bonchev–Trinajstić information content (AvgIpc) is 2.27. The zero-order chi connectivity index (χ0) is 12.9. The predicted molar refractivity (Wildman–Crippen MR) is 64.7 cm³/mol. The number of piperidine rings is 1. The van der Waals surface area contributed by atoms with Gasteiger partial charge >= 0.3 is 5.97 Å². The summed E-state index contributed by atoms with van der Waals surface area (Å²) in [5, 5.41) is 14.7. The minimum absolute atomic E-state index is 0.0138. The van der Waals surface area contributed by atoms with Crippen molar-refractivity contribution >= 4 is 11.9 Å². The van der Waals surface area contributed by atoms with E-state index in [2.05, 4.69) is 10.6 Å². The summed E-state index contributed by atoms with van der Waals surface area (Å²) in [7, 11) is 0. The Morgan fingerprint density at radius 3 is 2.65 bits per heavy atom. The van der Waals surface area contributed by atoms with Gasteiger partial charge in [0.15, 0.2) is 0 Å². The fraction of sp³-hybridized carbons (Fsp3) is 0.833. The first kappa shape index (κ1) is 14.0. The zero-order valence-electron chi connectivity index (χ0n) is 10.6. The van der Waals surface area contributed by atoms with Gasteiger partial charge in [-0.05, 0) is 39.7 Å². The van der Waals surface area contributed by atoms with Gasteiger partial charge < -0.3 is 15.7 Å². The Morgan fingerprint density at radius 2 is 2.12 bits per heavy atom. The molecule has 0 radical (unpaired) electrons. The molecule has 5 nitrogen and oxygen atoms in total. The molecule has 1 fully saturated rings. The molecule has 0 spiro atoms. The maximum atomic E-state index is 11.9. The van der Waals surface area contributed by atoms with E-state index in [9.17, 15) is 9.59 Å². The number of carboxylic acids is 1. The Kier molecular flexibility index (Phi) is 4.93. The van der Waals surface area contributed by atoms with Crippen LogP contribution in [-0.4, -0.2) is 35.1 Å². The monoisotopic (exact) mass is 242 g/mol. The molecule has 1 aliphatic heterocycles. The summed E-state index contributed by atoms with van der Waals surface area (Å²) >= 11 is 0. The molecule has 0 saturated carbocycles. The van der Waals surface area contributed by atoms with E-state index in [1.165, 1.54) is 0 Å². The second-order valence-electron chi connectivity index (χ2n) is 5.27. The summed E-state index contributed by atoms with van der Waals surface area (Å²) in [5.74, 6) is -0.844. The minimum atomic E-state index is -0.830. The molecule has 0 bridgehead atoms. The fourth-order valence-electron chi connectivity index (χ4n) is 1.98. The lowest BCUT2D eigenvalue weighted by Crippen LogP contribution is -2.53. The standard InChI is InChI=1S/C12H22N2O3/c1-12(2,7-6-10(15)16)14-11(17)9-5-3-4-8-13-9/h9,13H,3-8H2,1-2H3,(H,14,17)(H,15,16)/t9-/m1/s1. The molecule has 1 saturated heterocycles. The molecule has 1 rings (SSSR count). The van der Waals surface area contributed by atoms with Gasteiger partial charge in [-0.3, -0.25) is 9.59 Å². The van der Waals surface area contributed by atoms with Gasteiger partial charge in [-0.15, -0.1) is 0 Å². The van der Waals surface area contributed by atoms with E-state index in [0.29, 0.717) is 6.42 Å². The predicted octanol–water partition coefficient (Wildman–Crippen LogP) is 0.888. The first-order chi connectivity index (χ1) is 7.91. The zero-order valence-corrected chi connectivity index (χ0v) is 10.6. The van der Waals surface area contributed by atoms with Crippen LogP contribution in [0.4, 0.5) is 0 Å². The Morgan fingerprint density at radius 1 is 1.41 bits per heavy atom. The van der Waals surface area contributed by atoms with Gasteiger partial charge in [-0.2, -0.15) is 0 Å². The highest BCUT2D eigenvalue weighted by atomic mass is 16.4. The lowest BCUT2D eigenvalue weighted by Gasteiger charge is -2.30. The van der Waals surface area contributed by atoms with Crippen molar-refractivity contribution in [3.63, 3.8) is 0 Å². The SMILES string of the molecule is CC(C)(CCC(=O)O)NC(=O)[C@H]1CCCCN1. The molecule has 3 N–H and O–H groups in total. The number of rotatable bonds is 5. The fourth-order valence-corrected chi connectivity index (χ4v) is 1.98. The molecule has 98 valence electrons. The molecule has 0 aliphatic carbocycles. The number of hydrogen-bond donors (Lipinski definition) is 3. The number of nitrogens with one attached hydrogen (secondary N) is 2. The van der Waals surface area contributed by atoms with Crippen molar-refractivity contribution in [3.8, 4) is 0 Å². The first-order valence-corrected chi connectivity index (χ1v) is 6.18. The maximum absolute atomic E-state index is 11.9. The maximum Gasteiger partial charge on any atom is 0.303 e. The van der Waals surface area contributed by atoms with Crippen molar-refractivity contribution in [2.45, 2.75) is 57.5 Å². The normalized spacial score (nSPS) is 20.9. The summed E-state index contributed by atoms with van der Waals surface area (Å²) in [4.78, 5) is 22.4. The van der Waals surface area contributed by atoms with Crippen LogP contribution in [0.15, 0.2) is 0 Å². The van der Waals surface area contributed by atoms with Crippen LogP contribution < -0.4 is 10.6 Å². The third-order valence-electron chi connectivity index (χ3n) is 3.05. The summed E-state index contributed by atoms with van der Waals surface area (Å²) < 4.78 is 0. The van der Waals surface area contributed by atoms with E-state index in [-0.39, 0.29) is 18.4 Å². The third-order valence-corrected chi connectivity index (χ3v) is 3.05. The molecular formula is C12H22N2O3. The smallest absolute Gasteiger partial charge is 0.303 e. The van der Waals surface area contributed by atoms with Crippen LogP contribution in [0.5, 0.6) is 0 Å². The van der Waals surface area contributed by atoms with Crippen LogP contribution in [0.2, 0.25) is 0 Å². The summed E-state index contributed by atoms with van der Waals surface area (Å²) in [6.07, 6.45) is 3.57. The second-order valence-corrected chi connectivity index (χ2v) is 5.27. The van der Waals surface area contributed by atoms with Crippen LogP contribution >= 0.6 is 0 Å². The lowest BCUT2D eigenvalue weighted by atomic mass is 9.96. The van der Waals surface area contributed by atoms with Gasteiger partial charge in [0.2, 0.25) is 5.91 Å². The van der Waals surface area contributed by atoms with Crippen molar-refractivity contribution < 1.29 is 14.7 Å². The van der Waals surface area contributed by atoms with Crippen LogP contribution in [0.3, 0.4) is 0 Å². The number of aliphatic carboxylic acids is 1. The van der Waals surface area contributed by atoms with Crippen molar-refractivity contribution in [1.29, 1.82) is 0 Å². The van der Waals surface area contributed by atoms with E-state index >= 15 is 0 Å². The molecule has 5 heteroatoms. The van der Waals surface area contributed by atoms with E-state index in [0.717, 1.165) is 25.8 Å². The molecule has 1 heterocycles. The van der Waals surface area contributed by atoms with Crippen LogP contribution in [0, 0.1) is 0 Å². The Labute approximate surface area is 102 Å². The van der Waals surface area contributed by atoms with E-state index < -0.39 is 11.5 Å². The van der Waals surface area contributed by atoms with Gasteiger partial charge in [0.05, 0.1) is 6.04 Å². The van der Waals surface area contributed by atoms with Crippen molar-refractivity contribution in [2.24, 2.45) is 0 Å². The summed E-state index contributed by atoms with van der Waals surface area (Å²) in [6, 6.07) is -0.118. The number of hydrogen-bond acceptors (Lipinski definition) is 3. The quantitative estimate of drug-likeness (QED) is 0.669. The van der Waals surface area contributed by atoms with Crippen molar-refractivity contribution in [2.75, 3.05) is 6.54 Å². The molecule has 1 amide bonds. The average molecular weight is 242 g/mol. The third kappa shape index (κ3) is 5.17. The van der Waals surface area contributed by atoms with Gasteiger partial charge in [-0.25, -0.2) is 0 Å². The van der Waals surface area contributed by atoms with Crippen molar-refractivity contribution in [1.82, 2.24) is 10.6 Å². The Hall–Kier alpha value is -1.10. The first-order valence-electron chi connectivity index (χ1n) is 6.18. The minimum Gasteiger partial charge on any atom is -0.481 e. The number of carbonyl (C=O) groups excluding carboxylic acids is 1. The van der Waals surface area contributed by atoms with Gasteiger partial charge in [0, 0.05) is 12.0 Å². The molecule has 17 heavy (non-hydrogen) atoms. The molecule has 1 aliphatic rings. The number of carbonyl (C=O) groups is 2. The van der Waals surface area contributed by atoms with E-state index in [1.54, 1.807) is 0 Å². The highest BCUT2D eigenvalue weighted by Gasteiger charge is 2.27. The van der Waals surface area contributed by atoms with Gasteiger partial charge in [-0.1, -0.05) is 6.42 Å². The van der Waals surface area contributed by atoms with Gasteiger partial charge in [0.25, 0.3) is 0 Å². The van der Waals surface area contributed by atoms with Gasteiger partial charge in [0.1, 0.15) is 0 Å². The summed E-state index contributed by atoms with van der Waals surface area (Å²) in [6.45, 7) is 4.60. The second kappa shape index (κ2) is 6.00. The number of carboxylic acid groups (broad SMARTS) is 1. The largest absolute Gasteiger partial charge is 0.481 e. The summed E-state index contributed by atoms with van der Waals surface area (Å²) in [5.41, 5.74) is -0.464. The number of amides is 1. The van der Waals surface area contributed by atoms with Crippen molar-refractivity contribution in [3.05, 3.63) is 0 Å². The van der Waals surface area contributed by atoms with Crippen LogP contribution in [-0.2, 0) is 9.59 Å².